The molecule has 3 aromatic rings. The van der Waals surface area contributed by atoms with E-state index < -0.39 is 10.0 Å². The van der Waals surface area contributed by atoms with Gasteiger partial charge < -0.3 is 10.4 Å². The van der Waals surface area contributed by atoms with Gasteiger partial charge in [0.05, 0.1) is 17.6 Å². The van der Waals surface area contributed by atoms with Gasteiger partial charge in [0, 0.05) is 22.9 Å². The molecule has 3 N–H and O–H groups in total. The smallest absolute Gasteiger partial charge is 0.290 e. The molecule has 0 aliphatic heterocycles. The molecule has 0 aliphatic carbocycles. The summed E-state index contributed by atoms with van der Waals surface area (Å²) in [5.74, 6) is -0.410. The summed E-state index contributed by atoms with van der Waals surface area (Å²) in [4.78, 5) is 12.2. The first-order valence-electron chi connectivity index (χ1n) is 7.80. The number of fused-ring (bicyclic) bond motifs is 1. The van der Waals surface area contributed by atoms with Crippen molar-refractivity contribution in [2.75, 3.05) is 16.3 Å². The van der Waals surface area contributed by atoms with Crippen molar-refractivity contribution >= 4 is 38.1 Å². The van der Waals surface area contributed by atoms with E-state index in [1.165, 1.54) is 0 Å². The molecular formula is C18H18N3O4S+. The highest BCUT2D eigenvalue weighted by Crippen LogP contribution is 2.36. The molecule has 1 amide bonds. The second-order valence-corrected chi connectivity index (χ2v) is 7.58. The molecule has 0 fully saturated rings. The topological polar surface area (TPSA) is 99.4 Å². The molecule has 26 heavy (non-hydrogen) atoms. The fourth-order valence-electron chi connectivity index (χ4n) is 2.63. The predicted octanol–water partition coefficient (Wildman–Crippen LogP) is 1.84. The van der Waals surface area contributed by atoms with E-state index in [1.54, 1.807) is 47.3 Å². The van der Waals surface area contributed by atoms with E-state index in [0.29, 0.717) is 16.5 Å². The molecule has 0 atom stereocenters. The zero-order chi connectivity index (χ0) is 18.7. The number of pyridine rings is 1. The van der Waals surface area contributed by atoms with Crippen LogP contribution in [0, 0.1) is 0 Å². The van der Waals surface area contributed by atoms with Crippen molar-refractivity contribution in [3.8, 4) is 5.75 Å². The number of hydrogen-bond donors (Lipinski definition) is 3. The van der Waals surface area contributed by atoms with Crippen molar-refractivity contribution < 1.29 is 22.9 Å². The second kappa shape index (κ2) is 7.01. The molecule has 0 aliphatic rings. The van der Waals surface area contributed by atoms with Crippen LogP contribution in [-0.2, 0) is 21.4 Å². The van der Waals surface area contributed by atoms with Crippen molar-refractivity contribution in [1.82, 2.24) is 0 Å². The van der Waals surface area contributed by atoms with Crippen LogP contribution >= 0.6 is 0 Å². The molecule has 0 saturated carbocycles. The molecule has 0 radical (unpaired) electrons. The third-order valence-corrected chi connectivity index (χ3v) is 4.30. The maximum absolute atomic E-state index is 12.2. The van der Waals surface area contributed by atoms with Gasteiger partial charge >= 0.3 is 0 Å². The Morgan fingerprint density at radius 2 is 1.73 bits per heavy atom. The summed E-state index contributed by atoms with van der Waals surface area (Å²) in [5, 5.41) is 14.1. The van der Waals surface area contributed by atoms with Crippen molar-refractivity contribution in [2.24, 2.45) is 0 Å². The lowest BCUT2D eigenvalue weighted by atomic mass is 10.1. The lowest BCUT2D eigenvalue weighted by Gasteiger charge is -2.12. The minimum absolute atomic E-state index is 0.105. The van der Waals surface area contributed by atoms with E-state index >= 15 is 0 Å². The minimum atomic E-state index is -3.45. The van der Waals surface area contributed by atoms with Gasteiger partial charge in [0.1, 0.15) is 5.75 Å². The van der Waals surface area contributed by atoms with E-state index in [2.05, 4.69) is 10.0 Å². The van der Waals surface area contributed by atoms with Gasteiger partial charge in [0.15, 0.2) is 12.4 Å². The average molecular weight is 372 g/mol. The van der Waals surface area contributed by atoms with Gasteiger partial charge in [-0.15, -0.1) is 0 Å². The number of carbonyl (C=O) groups excluding carboxylic acids is 1. The number of aromatic nitrogens is 1. The van der Waals surface area contributed by atoms with E-state index in [-0.39, 0.29) is 23.9 Å². The van der Waals surface area contributed by atoms with E-state index in [9.17, 15) is 18.3 Å². The molecule has 0 spiro atoms. The number of phenolic OH excluding ortho intramolecular Hbond substituents is 1. The highest BCUT2D eigenvalue weighted by Gasteiger charge is 2.15. The third kappa shape index (κ3) is 4.09. The highest BCUT2D eigenvalue weighted by atomic mass is 32.2. The molecule has 8 heteroatoms. The van der Waals surface area contributed by atoms with Crippen LogP contribution in [0.2, 0.25) is 0 Å². The van der Waals surface area contributed by atoms with Crippen LogP contribution in [0.25, 0.3) is 10.8 Å². The number of nitrogens with zero attached hydrogens (tertiary/aromatic N) is 1. The van der Waals surface area contributed by atoms with Crippen LogP contribution < -0.4 is 14.6 Å². The van der Waals surface area contributed by atoms with Gasteiger partial charge in [-0.05, 0) is 18.2 Å². The van der Waals surface area contributed by atoms with E-state index in [4.69, 9.17) is 0 Å². The first-order chi connectivity index (χ1) is 12.3. The summed E-state index contributed by atoms with van der Waals surface area (Å²) in [6.07, 6.45) is 4.59. The van der Waals surface area contributed by atoms with Crippen LogP contribution in [-0.4, -0.2) is 25.7 Å². The lowest BCUT2D eigenvalue weighted by Crippen LogP contribution is -2.39. The second-order valence-electron chi connectivity index (χ2n) is 5.83. The van der Waals surface area contributed by atoms with Gasteiger partial charge in [-0.3, -0.25) is 9.52 Å². The summed E-state index contributed by atoms with van der Waals surface area (Å²) in [6.45, 7) is 0.105. The van der Waals surface area contributed by atoms with Crippen molar-refractivity contribution in [3.63, 3.8) is 0 Å². The summed E-state index contributed by atoms with van der Waals surface area (Å²) in [6, 6.07) is 13.6. The fraction of sp³-hybridized carbons (Fsp3) is 0.111. The van der Waals surface area contributed by atoms with Crippen LogP contribution in [0.1, 0.15) is 0 Å². The van der Waals surface area contributed by atoms with Gasteiger partial charge in [0.2, 0.25) is 16.6 Å². The number of benzene rings is 2. The first kappa shape index (κ1) is 17.7. The molecule has 1 heterocycles. The normalized spacial score (nSPS) is 11.3. The molecule has 1 aromatic heterocycles. The highest BCUT2D eigenvalue weighted by molar-refractivity contribution is 7.92. The molecular weight excluding hydrogens is 354 g/mol. The first-order valence-corrected chi connectivity index (χ1v) is 9.69. The van der Waals surface area contributed by atoms with Gasteiger partial charge in [0.25, 0.3) is 5.91 Å². The molecule has 7 nitrogen and oxygen atoms in total. The lowest BCUT2D eigenvalue weighted by molar-refractivity contribution is -0.684. The van der Waals surface area contributed by atoms with Crippen molar-refractivity contribution in [1.29, 1.82) is 0 Å². The minimum Gasteiger partial charge on any atom is -0.505 e. The fourth-order valence-corrected chi connectivity index (χ4v) is 3.20. The standard InChI is InChI=1S/C18H17N3O4S/c1-26(24,25)20-15-7-5-6-14-13(15)8-9-16(18(14)23)19-17(22)12-21-10-3-2-4-11-21/h2-11,20H,12H2,1H3,(H-,19,22,23)/p+1. The van der Waals surface area contributed by atoms with Gasteiger partial charge in [-0.2, -0.15) is 4.57 Å². The summed E-state index contributed by atoms with van der Waals surface area (Å²) in [5.41, 5.74) is 0.619. The Kier molecular flexibility index (Phi) is 4.77. The molecule has 0 saturated heterocycles. The number of phenols is 1. The number of anilines is 2. The van der Waals surface area contributed by atoms with Crippen LogP contribution in [0.3, 0.4) is 0 Å². The molecule has 2 aromatic carbocycles. The van der Waals surface area contributed by atoms with Crippen LogP contribution in [0.4, 0.5) is 11.4 Å². The largest absolute Gasteiger partial charge is 0.505 e. The Morgan fingerprint density at radius 3 is 2.42 bits per heavy atom. The molecule has 134 valence electrons. The zero-order valence-corrected chi connectivity index (χ0v) is 14.8. The number of hydrogen-bond acceptors (Lipinski definition) is 4. The maximum atomic E-state index is 12.2. The predicted molar refractivity (Wildman–Crippen MR) is 99.3 cm³/mol. The Labute approximate surface area is 151 Å². The summed E-state index contributed by atoms with van der Waals surface area (Å²) >= 11 is 0. The van der Waals surface area contributed by atoms with Crippen LogP contribution in [0.5, 0.6) is 5.75 Å². The molecule has 3 rings (SSSR count). The van der Waals surface area contributed by atoms with Crippen molar-refractivity contribution in [3.05, 3.63) is 60.9 Å². The Morgan fingerprint density at radius 1 is 1.00 bits per heavy atom. The number of amides is 1. The number of aromatic hydroxyl groups is 1. The quantitative estimate of drug-likeness (QED) is 0.470. The van der Waals surface area contributed by atoms with E-state index in [0.717, 1.165) is 6.26 Å². The van der Waals surface area contributed by atoms with E-state index in [1.807, 2.05) is 18.2 Å². The summed E-state index contributed by atoms with van der Waals surface area (Å²) < 4.78 is 27.1. The zero-order valence-electron chi connectivity index (χ0n) is 14.0. The summed E-state index contributed by atoms with van der Waals surface area (Å²) in [7, 11) is -3.45. The van der Waals surface area contributed by atoms with Crippen LogP contribution in [0.15, 0.2) is 60.9 Å². The molecule has 0 bridgehead atoms. The Balaban J connectivity index is 1.89. The Hall–Kier alpha value is -3.13. The van der Waals surface area contributed by atoms with Gasteiger partial charge in [-0.25, -0.2) is 8.42 Å². The average Bonchev–Trinajstić information content (AvgIpc) is 2.57. The number of nitrogens with one attached hydrogen (secondary N) is 2. The maximum Gasteiger partial charge on any atom is 0.290 e. The monoisotopic (exact) mass is 372 g/mol. The SMILES string of the molecule is CS(=O)(=O)Nc1cccc2c(O)c(NC(=O)C[n+]3ccccc3)ccc12. The molecule has 0 unspecified atom stereocenters. The number of carbonyl (C=O) groups is 1. The van der Waals surface area contributed by atoms with Gasteiger partial charge in [-0.1, -0.05) is 18.2 Å². The number of sulfonamides is 1. The Bertz CT molecular complexity index is 1070. The number of rotatable bonds is 5. The van der Waals surface area contributed by atoms with Crippen molar-refractivity contribution in [2.45, 2.75) is 6.54 Å². The third-order valence-electron chi connectivity index (χ3n) is 3.71.